The molecule has 1 aromatic carbocycles. The molecule has 0 atom stereocenters. The molecule has 1 aromatic rings. The van der Waals surface area contributed by atoms with E-state index in [9.17, 15) is 40.3 Å². The van der Waals surface area contributed by atoms with E-state index in [2.05, 4.69) is 4.74 Å². The number of alkyl halides is 7. The van der Waals surface area contributed by atoms with Gasteiger partial charge in [0.15, 0.2) is 0 Å². The predicted octanol–water partition coefficient (Wildman–Crippen LogP) is 4.42. The largest absolute Gasteiger partial charge is 0.516 e. The van der Waals surface area contributed by atoms with Gasteiger partial charge in [0, 0.05) is 0 Å². The number of esters is 1. The molecule has 1 rings (SSSR count). The molecule has 0 aliphatic rings. The van der Waals surface area contributed by atoms with Gasteiger partial charge in [-0.25, -0.2) is 9.59 Å². The molecule has 0 saturated heterocycles. The zero-order valence-corrected chi connectivity index (χ0v) is 14.6. The van der Waals surface area contributed by atoms with Crippen LogP contribution in [0.2, 0.25) is 19.6 Å². The Balaban J connectivity index is 2.93. The van der Waals surface area contributed by atoms with Crippen LogP contribution in [0.1, 0.15) is 10.4 Å². The van der Waals surface area contributed by atoms with E-state index in [1.807, 2.05) is 0 Å². The fourth-order valence-corrected chi connectivity index (χ4v) is 2.15. The van der Waals surface area contributed by atoms with E-state index in [-0.39, 0.29) is 5.56 Å². The first-order valence-corrected chi connectivity index (χ1v) is 10.3. The van der Waals surface area contributed by atoms with Gasteiger partial charge in [-0.2, -0.15) is 30.7 Å². The first-order valence-electron chi connectivity index (χ1n) is 6.87. The number of benzene rings is 1. The molecule has 0 heterocycles. The Morgan fingerprint density at radius 3 is 1.73 bits per heavy atom. The standard InChI is InChI=1S/C14H13F7O4Si/c1-26(2,3)25-10(22)8-4-6-9(7-5-8)24-11(23)12(15,16)13(17,18)14(19,20)21/h4-7H,1-3H3. The Hall–Kier alpha value is -2.11. The summed E-state index contributed by atoms with van der Waals surface area (Å²) in [6, 6.07) is 3.51. The molecule has 0 bridgehead atoms. The Kier molecular flexibility index (Phi) is 5.81. The SMILES string of the molecule is C[Si](C)(C)OC(=O)c1ccc(OC(=O)C(F)(F)C(F)(F)C(F)(F)F)cc1. The van der Waals surface area contributed by atoms with Gasteiger partial charge in [-0.05, 0) is 43.9 Å². The van der Waals surface area contributed by atoms with Crippen molar-refractivity contribution in [2.24, 2.45) is 0 Å². The fourth-order valence-electron chi connectivity index (χ4n) is 1.47. The highest BCUT2D eigenvalue weighted by molar-refractivity contribution is 6.71. The lowest BCUT2D eigenvalue weighted by molar-refractivity contribution is -0.346. The van der Waals surface area contributed by atoms with Gasteiger partial charge in [-0.1, -0.05) is 0 Å². The van der Waals surface area contributed by atoms with Gasteiger partial charge >= 0.3 is 30.0 Å². The predicted molar refractivity (Wildman–Crippen MR) is 76.8 cm³/mol. The number of hydrogen-bond acceptors (Lipinski definition) is 4. The van der Waals surface area contributed by atoms with Crippen molar-refractivity contribution in [3.8, 4) is 5.75 Å². The lowest BCUT2D eigenvalue weighted by Crippen LogP contribution is -2.57. The second-order valence-corrected chi connectivity index (χ2v) is 10.5. The summed E-state index contributed by atoms with van der Waals surface area (Å²) in [5.41, 5.74) is -0.0559. The third-order valence-electron chi connectivity index (χ3n) is 2.71. The summed E-state index contributed by atoms with van der Waals surface area (Å²) in [4.78, 5) is 22.9. The van der Waals surface area contributed by atoms with Gasteiger partial charge < -0.3 is 9.16 Å². The van der Waals surface area contributed by atoms with Crippen LogP contribution < -0.4 is 4.74 Å². The molecule has 12 heteroatoms. The smallest absolute Gasteiger partial charge is 0.460 e. The topological polar surface area (TPSA) is 52.6 Å². The van der Waals surface area contributed by atoms with Crippen LogP contribution in [0.3, 0.4) is 0 Å². The maximum atomic E-state index is 13.2. The first kappa shape index (κ1) is 21.9. The zero-order chi connectivity index (χ0) is 20.6. The molecule has 0 spiro atoms. The normalized spacial score (nSPS) is 13.3. The Labute approximate surface area is 144 Å². The van der Waals surface area contributed by atoms with Gasteiger partial charge in [0.1, 0.15) is 5.75 Å². The summed E-state index contributed by atoms with van der Waals surface area (Å²) in [6.07, 6.45) is -6.65. The molecule has 0 aliphatic heterocycles. The van der Waals surface area contributed by atoms with Crippen molar-refractivity contribution in [3.63, 3.8) is 0 Å². The molecule has 0 saturated carbocycles. The van der Waals surface area contributed by atoms with Crippen molar-refractivity contribution in [1.82, 2.24) is 0 Å². The summed E-state index contributed by atoms with van der Waals surface area (Å²) >= 11 is 0. The summed E-state index contributed by atoms with van der Waals surface area (Å²) in [6.45, 7) is 5.14. The number of halogens is 7. The van der Waals surface area contributed by atoms with E-state index in [1.54, 1.807) is 19.6 Å². The average molecular weight is 406 g/mol. The third-order valence-corrected chi connectivity index (χ3v) is 3.50. The molecule has 0 N–H and O–H groups in total. The summed E-state index contributed by atoms with van der Waals surface area (Å²) in [7, 11) is -2.23. The minimum absolute atomic E-state index is 0.0559. The Morgan fingerprint density at radius 1 is 0.885 bits per heavy atom. The van der Waals surface area contributed by atoms with Crippen LogP contribution >= 0.6 is 0 Å². The van der Waals surface area contributed by atoms with Gasteiger partial charge in [0.2, 0.25) is 8.32 Å². The maximum absolute atomic E-state index is 13.2. The molecular formula is C14H13F7O4Si. The molecule has 146 valence electrons. The van der Waals surface area contributed by atoms with Crippen LogP contribution in [0.25, 0.3) is 0 Å². The second kappa shape index (κ2) is 6.89. The number of ether oxygens (including phenoxy) is 1. The summed E-state index contributed by atoms with van der Waals surface area (Å²) in [5.74, 6) is -17.3. The lowest BCUT2D eigenvalue weighted by atomic mass is 10.1. The molecule has 0 amide bonds. The molecule has 0 aromatic heterocycles. The van der Waals surface area contributed by atoms with Crippen LogP contribution in [-0.4, -0.2) is 38.3 Å². The van der Waals surface area contributed by atoms with E-state index in [0.29, 0.717) is 0 Å². The van der Waals surface area contributed by atoms with Gasteiger partial charge in [-0.15, -0.1) is 0 Å². The molecule has 0 aliphatic carbocycles. The highest BCUT2D eigenvalue weighted by Crippen LogP contribution is 2.47. The van der Waals surface area contributed by atoms with Crippen LogP contribution in [0.4, 0.5) is 30.7 Å². The van der Waals surface area contributed by atoms with Crippen molar-refractivity contribution in [2.75, 3.05) is 0 Å². The molecule has 4 nitrogen and oxygen atoms in total. The first-order chi connectivity index (χ1) is 11.5. The number of carbonyl (C=O) groups excluding carboxylic acids is 2. The number of hydrogen-bond donors (Lipinski definition) is 0. The number of carbonyl (C=O) groups is 2. The number of rotatable bonds is 5. The van der Waals surface area contributed by atoms with E-state index in [1.165, 1.54) is 0 Å². The summed E-state index contributed by atoms with van der Waals surface area (Å²) < 4.78 is 96.9. The van der Waals surface area contributed by atoms with Crippen LogP contribution in [0, 0.1) is 0 Å². The van der Waals surface area contributed by atoms with Gasteiger partial charge in [0.05, 0.1) is 5.56 Å². The van der Waals surface area contributed by atoms with E-state index < -0.39 is 44.0 Å². The van der Waals surface area contributed by atoms with Gasteiger partial charge in [0.25, 0.3) is 0 Å². The third kappa shape index (κ3) is 4.74. The molecule has 0 fully saturated rings. The van der Waals surface area contributed by atoms with Crippen LogP contribution in [-0.2, 0) is 9.22 Å². The quantitative estimate of drug-likeness (QED) is 0.315. The highest BCUT2D eigenvalue weighted by Gasteiger charge is 2.77. The lowest BCUT2D eigenvalue weighted by Gasteiger charge is -2.26. The maximum Gasteiger partial charge on any atom is 0.460 e. The monoisotopic (exact) mass is 406 g/mol. The van der Waals surface area contributed by atoms with Crippen molar-refractivity contribution >= 4 is 20.3 Å². The van der Waals surface area contributed by atoms with E-state index in [4.69, 9.17) is 4.43 Å². The molecular weight excluding hydrogens is 393 g/mol. The minimum atomic E-state index is -6.65. The minimum Gasteiger partial charge on any atom is -0.516 e. The van der Waals surface area contributed by atoms with Gasteiger partial charge in [-0.3, -0.25) is 0 Å². The van der Waals surface area contributed by atoms with E-state index >= 15 is 0 Å². The Bertz CT molecular complexity index is 678. The summed E-state index contributed by atoms with van der Waals surface area (Å²) in [5, 5.41) is 0. The fraction of sp³-hybridized carbons (Fsp3) is 0.429. The van der Waals surface area contributed by atoms with Crippen LogP contribution in [0.5, 0.6) is 5.75 Å². The molecule has 0 radical (unpaired) electrons. The highest BCUT2D eigenvalue weighted by atomic mass is 28.4. The Morgan fingerprint density at radius 2 is 1.35 bits per heavy atom. The van der Waals surface area contributed by atoms with Crippen molar-refractivity contribution < 1.29 is 49.5 Å². The van der Waals surface area contributed by atoms with Crippen molar-refractivity contribution in [1.29, 1.82) is 0 Å². The van der Waals surface area contributed by atoms with Crippen LogP contribution in [0.15, 0.2) is 24.3 Å². The average Bonchev–Trinajstić information content (AvgIpc) is 2.44. The zero-order valence-electron chi connectivity index (χ0n) is 13.6. The van der Waals surface area contributed by atoms with Crippen molar-refractivity contribution in [2.45, 2.75) is 37.7 Å². The van der Waals surface area contributed by atoms with Crippen molar-refractivity contribution in [3.05, 3.63) is 29.8 Å². The second-order valence-electron chi connectivity index (χ2n) is 6.06. The molecule has 26 heavy (non-hydrogen) atoms. The van der Waals surface area contributed by atoms with E-state index in [0.717, 1.165) is 24.3 Å². The molecule has 0 unspecified atom stereocenters.